The number of morpholine rings is 1. The highest BCUT2D eigenvalue weighted by Gasteiger charge is 2.24. The number of aromatic hydroxyl groups is 1. The monoisotopic (exact) mass is 193 g/mol. The van der Waals surface area contributed by atoms with Gasteiger partial charge >= 0.3 is 0 Å². The van der Waals surface area contributed by atoms with E-state index in [4.69, 9.17) is 4.74 Å². The van der Waals surface area contributed by atoms with E-state index >= 15 is 0 Å². The van der Waals surface area contributed by atoms with Crippen LogP contribution in [0.1, 0.15) is 11.7 Å². The Hall–Kier alpha value is -1.55. The summed E-state index contributed by atoms with van der Waals surface area (Å²) in [6.45, 7) is 1.06. The molecule has 1 aromatic rings. The third-order valence-corrected chi connectivity index (χ3v) is 2.10. The van der Waals surface area contributed by atoms with Crippen LogP contribution < -0.4 is 5.32 Å². The molecule has 1 heterocycles. The van der Waals surface area contributed by atoms with Gasteiger partial charge in [-0.2, -0.15) is 0 Å². The first-order valence-corrected chi connectivity index (χ1v) is 4.45. The van der Waals surface area contributed by atoms with E-state index < -0.39 is 6.10 Å². The fourth-order valence-electron chi connectivity index (χ4n) is 1.45. The Bertz CT molecular complexity index is 351. The van der Waals surface area contributed by atoms with Crippen LogP contribution in [0.3, 0.4) is 0 Å². The molecule has 74 valence electrons. The Kier molecular flexibility index (Phi) is 2.37. The number of benzene rings is 1. The van der Waals surface area contributed by atoms with Gasteiger partial charge in [0.05, 0.1) is 6.61 Å². The molecule has 0 aliphatic carbocycles. The second kappa shape index (κ2) is 3.67. The predicted molar refractivity (Wildman–Crippen MR) is 49.8 cm³/mol. The average molecular weight is 193 g/mol. The Morgan fingerprint density at radius 2 is 2.36 bits per heavy atom. The molecule has 2 rings (SSSR count). The molecule has 0 spiro atoms. The summed E-state index contributed by atoms with van der Waals surface area (Å²) in [7, 11) is 0. The number of ether oxygens (including phenoxy) is 1. The predicted octanol–water partition coefficient (Wildman–Crippen LogP) is 0.580. The van der Waals surface area contributed by atoms with Crippen LogP contribution in [0.25, 0.3) is 0 Å². The number of hydrogen-bond donors (Lipinski definition) is 2. The molecule has 1 atom stereocenters. The molecule has 2 N–H and O–H groups in total. The smallest absolute Gasteiger partial charge is 0.253 e. The minimum absolute atomic E-state index is 0.143. The summed E-state index contributed by atoms with van der Waals surface area (Å²) in [6.07, 6.45) is -0.587. The van der Waals surface area contributed by atoms with Crippen LogP contribution in [0.2, 0.25) is 0 Å². The number of phenolic OH excluding ortho intramolecular Hbond substituents is 1. The summed E-state index contributed by atoms with van der Waals surface area (Å²) < 4.78 is 5.31. The molecule has 4 nitrogen and oxygen atoms in total. The lowest BCUT2D eigenvalue weighted by molar-refractivity contribution is -0.138. The summed E-state index contributed by atoms with van der Waals surface area (Å²) in [4.78, 5) is 11.4. The van der Waals surface area contributed by atoms with Gasteiger partial charge in [-0.25, -0.2) is 0 Å². The maximum atomic E-state index is 11.4. The maximum Gasteiger partial charge on any atom is 0.253 e. The normalized spacial score (nSPS) is 21.7. The fourth-order valence-corrected chi connectivity index (χ4v) is 1.45. The van der Waals surface area contributed by atoms with E-state index in [1.165, 1.54) is 6.07 Å². The van der Waals surface area contributed by atoms with Crippen molar-refractivity contribution in [2.24, 2.45) is 0 Å². The highest BCUT2D eigenvalue weighted by atomic mass is 16.5. The highest BCUT2D eigenvalue weighted by Crippen LogP contribution is 2.22. The molecule has 0 aromatic heterocycles. The minimum atomic E-state index is -0.587. The van der Waals surface area contributed by atoms with Crippen molar-refractivity contribution >= 4 is 5.91 Å². The Balaban J connectivity index is 2.24. The minimum Gasteiger partial charge on any atom is -0.508 e. The Morgan fingerprint density at radius 1 is 1.50 bits per heavy atom. The van der Waals surface area contributed by atoms with Crippen molar-refractivity contribution in [3.8, 4) is 5.75 Å². The Labute approximate surface area is 81.5 Å². The molecule has 1 aromatic carbocycles. The molecule has 1 saturated heterocycles. The van der Waals surface area contributed by atoms with Crippen molar-refractivity contribution in [1.29, 1.82) is 0 Å². The van der Waals surface area contributed by atoms with Crippen molar-refractivity contribution in [3.05, 3.63) is 29.8 Å². The van der Waals surface area contributed by atoms with Gasteiger partial charge in [0, 0.05) is 6.54 Å². The second-order valence-electron chi connectivity index (χ2n) is 3.14. The lowest BCUT2D eigenvalue weighted by atomic mass is 10.1. The topological polar surface area (TPSA) is 58.6 Å². The summed E-state index contributed by atoms with van der Waals surface area (Å²) in [5.41, 5.74) is 0.683. The molecular weight excluding hydrogens is 182 g/mol. The van der Waals surface area contributed by atoms with E-state index in [1.807, 2.05) is 0 Å². The third kappa shape index (κ3) is 1.70. The first-order chi connectivity index (χ1) is 6.77. The number of amides is 1. The van der Waals surface area contributed by atoms with Gasteiger partial charge in [0.25, 0.3) is 5.91 Å². The number of carbonyl (C=O) groups is 1. The van der Waals surface area contributed by atoms with Crippen molar-refractivity contribution in [2.75, 3.05) is 13.2 Å². The number of phenols is 1. The quantitative estimate of drug-likeness (QED) is 0.685. The zero-order chi connectivity index (χ0) is 9.97. The van der Waals surface area contributed by atoms with Gasteiger partial charge in [-0.1, -0.05) is 12.1 Å². The molecule has 0 bridgehead atoms. The van der Waals surface area contributed by atoms with Crippen molar-refractivity contribution in [1.82, 2.24) is 5.32 Å². The number of hydrogen-bond acceptors (Lipinski definition) is 3. The zero-order valence-corrected chi connectivity index (χ0v) is 7.56. The molecule has 0 saturated carbocycles. The molecule has 1 aliphatic rings. The van der Waals surface area contributed by atoms with E-state index in [0.717, 1.165) is 0 Å². The van der Waals surface area contributed by atoms with Gasteiger partial charge < -0.3 is 15.2 Å². The second-order valence-corrected chi connectivity index (χ2v) is 3.14. The van der Waals surface area contributed by atoms with E-state index in [0.29, 0.717) is 18.7 Å². The van der Waals surface area contributed by atoms with Crippen molar-refractivity contribution < 1.29 is 14.6 Å². The molecule has 1 unspecified atom stereocenters. The van der Waals surface area contributed by atoms with E-state index in [1.54, 1.807) is 18.2 Å². The molecule has 0 radical (unpaired) electrons. The van der Waals surface area contributed by atoms with Crippen LogP contribution in [0.4, 0.5) is 0 Å². The molecule has 1 fully saturated rings. The maximum absolute atomic E-state index is 11.4. The van der Waals surface area contributed by atoms with Gasteiger partial charge in [-0.05, 0) is 17.7 Å². The van der Waals surface area contributed by atoms with Crippen LogP contribution >= 0.6 is 0 Å². The van der Waals surface area contributed by atoms with Crippen molar-refractivity contribution in [2.45, 2.75) is 6.10 Å². The fraction of sp³-hybridized carbons (Fsp3) is 0.300. The van der Waals surface area contributed by atoms with Crippen LogP contribution in [-0.4, -0.2) is 24.2 Å². The average Bonchev–Trinajstić information content (AvgIpc) is 2.18. The van der Waals surface area contributed by atoms with Crippen LogP contribution in [-0.2, 0) is 9.53 Å². The lowest BCUT2D eigenvalue weighted by Crippen LogP contribution is -2.39. The van der Waals surface area contributed by atoms with Gasteiger partial charge in [-0.3, -0.25) is 4.79 Å². The molecule has 1 amide bonds. The number of rotatable bonds is 1. The van der Waals surface area contributed by atoms with E-state index in [9.17, 15) is 9.90 Å². The Morgan fingerprint density at radius 3 is 3.07 bits per heavy atom. The first kappa shape index (κ1) is 9.02. The summed E-state index contributed by atoms with van der Waals surface area (Å²) >= 11 is 0. The molecule has 14 heavy (non-hydrogen) atoms. The molecule has 1 aliphatic heterocycles. The van der Waals surface area contributed by atoms with E-state index in [-0.39, 0.29) is 11.7 Å². The van der Waals surface area contributed by atoms with Gasteiger partial charge in [0.1, 0.15) is 5.75 Å². The van der Waals surface area contributed by atoms with E-state index in [2.05, 4.69) is 5.32 Å². The number of carbonyl (C=O) groups excluding carboxylic acids is 1. The first-order valence-electron chi connectivity index (χ1n) is 4.45. The van der Waals surface area contributed by atoms with Crippen LogP contribution in [0.15, 0.2) is 24.3 Å². The van der Waals surface area contributed by atoms with Gasteiger partial charge in [0.2, 0.25) is 0 Å². The van der Waals surface area contributed by atoms with Gasteiger partial charge in [0.15, 0.2) is 6.10 Å². The summed E-state index contributed by atoms with van der Waals surface area (Å²) in [5.74, 6) is -0.00803. The standard InChI is InChI=1S/C10H11NO3/c12-8-3-1-2-7(6-8)9-10(13)11-4-5-14-9/h1-3,6,9,12H,4-5H2,(H,11,13). The van der Waals surface area contributed by atoms with Crippen LogP contribution in [0, 0.1) is 0 Å². The van der Waals surface area contributed by atoms with Crippen LogP contribution in [0.5, 0.6) is 5.75 Å². The van der Waals surface area contributed by atoms with Gasteiger partial charge in [-0.15, -0.1) is 0 Å². The highest BCUT2D eigenvalue weighted by molar-refractivity contribution is 5.82. The lowest BCUT2D eigenvalue weighted by Gasteiger charge is -2.22. The zero-order valence-electron chi connectivity index (χ0n) is 7.56. The summed E-state index contributed by atoms with van der Waals surface area (Å²) in [5, 5.41) is 11.9. The summed E-state index contributed by atoms with van der Waals surface area (Å²) in [6, 6.07) is 6.55. The number of nitrogens with one attached hydrogen (secondary N) is 1. The SMILES string of the molecule is O=C1NCCOC1c1cccc(O)c1. The van der Waals surface area contributed by atoms with Crippen molar-refractivity contribution in [3.63, 3.8) is 0 Å². The molecular formula is C10H11NO3. The largest absolute Gasteiger partial charge is 0.508 e. The molecule has 4 heteroatoms. The third-order valence-electron chi connectivity index (χ3n) is 2.10.